The molecule has 4 amide bonds. The van der Waals surface area contributed by atoms with E-state index >= 15 is 0 Å². The van der Waals surface area contributed by atoms with Crippen LogP contribution < -0.4 is 15.0 Å². The van der Waals surface area contributed by atoms with Gasteiger partial charge in [0.05, 0.1) is 10.6 Å². The molecule has 0 unspecified atom stereocenters. The minimum atomic E-state index is -0.812. The van der Waals surface area contributed by atoms with Gasteiger partial charge in [-0.1, -0.05) is 30.3 Å². The van der Waals surface area contributed by atoms with Crippen LogP contribution in [0.4, 0.5) is 16.2 Å². The molecule has 0 spiro atoms. The number of nitro benzene ring substituents is 1. The highest BCUT2D eigenvalue weighted by atomic mass is 16.6. The van der Waals surface area contributed by atoms with Gasteiger partial charge in [-0.3, -0.25) is 25.0 Å². The number of carbonyl (C=O) groups excluding carboxylic acids is 3. The normalized spacial score (nSPS) is 14.7. The van der Waals surface area contributed by atoms with E-state index in [1.165, 1.54) is 18.2 Å². The molecule has 1 aliphatic heterocycles. The number of nitrogens with zero attached hydrogens (tertiary/aromatic N) is 2. The van der Waals surface area contributed by atoms with Crippen LogP contribution in [0.3, 0.4) is 0 Å². The average molecular weight is 471 g/mol. The lowest BCUT2D eigenvalue weighted by Crippen LogP contribution is -2.54. The molecule has 9 heteroatoms. The number of urea groups is 1. The van der Waals surface area contributed by atoms with Gasteiger partial charge in [0.2, 0.25) is 0 Å². The lowest BCUT2D eigenvalue weighted by atomic mass is 10.0. The number of imide groups is 2. The Hall–Kier alpha value is -4.79. The van der Waals surface area contributed by atoms with Gasteiger partial charge in [-0.25, -0.2) is 9.69 Å². The molecule has 0 saturated carbocycles. The van der Waals surface area contributed by atoms with Crippen LogP contribution in [-0.4, -0.2) is 22.8 Å². The molecule has 1 aliphatic rings. The summed E-state index contributed by atoms with van der Waals surface area (Å²) in [7, 11) is 0. The van der Waals surface area contributed by atoms with Gasteiger partial charge in [-0.05, 0) is 60.9 Å². The van der Waals surface area contributed by atoms with Crippen molar-refractivity contribution in [3.63, 3.8) is 0 Å². The van der Waals surface area contributed by atoms with E-state index in [1.807, 2.05) is 13.0 Å². The van der Waals surface area contributed by atoms with Crippen molar-refractivity contribution in [3.05, 3.63) is 105 Å². The van der Waals surface area contributed by atoms with Crippen LogP contribution in [0.2, 0.25) is 0 Å². The standard InChI is InChI=1S/C26H21N3O6/c1-16-6-5-8-22(17(16)2)28-25(31)21(24(30)27-26(28)32)14-19-7-3-4-9-23(19)35-15-18-10-12-20(13-11-18)29(33)34/h3-14H,15H2,1-2H3,(H,27,30,32)/b21-14+. The topological polar surface area (TPSA) is 119 Å². The fourth-order valence-electron chi connectivity index (χ4n) is 3.62. The van der Waals surface area contributed by atoms with Gasteiger partial charge >= 0.3 is 6.03 Å². The first kappa shape index (κ1) is 23.4. The first-order valence-corrected chi connectivity index (χ1v) is 10.7. The molecule has 35 heavy (non-hydrogen) atoms. The molecule has 3 aromatic carbocycles. The van der Waals surface area contributed by atoms with Gasteiger partial charge in [0.1, 0.15) is 17.9 Å². The number of aryl methyl sites for hydroxylation is 1. The SMILES string of the molecule is Cc1cccc(N2C(=O)NC(=O)/C(=C\c3ccccc3OCc3ccc([N+](=O)[O-])cc3)C2=O)c1C. The molecule has 4 rings (SSSR count). The summed E-state index contributed by atoms with van der Waals surface area (Å²) in [4.78, 5) is 49.7. The summed E-state index contributed by atoms with van der Waals surface area (Å²) >= 11 is 0. The number of ether oxygens (including phenoxy) is 1. The van der Waals surface area contributed by atoms with Gasteiger partial charge in [0, 0.05) is 17.7 Å². The zero-order valence-electron chi connectivity index (χ0n) is 19.0. The minimum absolute atomic E-state index is 0.0244. The first-order chi connectivity index (χ1) is 16.8. The second kappa shape index (κ2) is 9.60. The summed E-state index contributed by atoms with van der Waals surface area (Å²) in [5.74, 6) is -1.14. The Kier molecular flexibility index (Phi) is 6.41. The summed E-state index contributed by atoms with van der Waals surface area (Å²) in [5, 5.41) is 13.1. The number of hydrogen-bond donors (Lipinski definition) is 1. The molecule has 0 aliphatic carbocycles. The van der Waals surface area contributed by atoms with Crippen molar-refractivity contribution < 1.29 is 24.0 Å². The van der Waals surface area contributed by atoms with E-state index in [9.17, 15) is 24.5 Å². The van der Waals surface area contributed by atoms with Crippen molar-refractivity contribution in [2.75, 3.05) is 4.90 Å². The van der Waals surface area contributed by atoms with E-state index in [-0.39, 0.29) is 17.9 Å². The maximum Gasteiger partial charge on any atom is 0.335 e. The highest BCUT2D eigenvalue weighted by Crippen LogP contribution is 2.29. The van der Waals surface area contributed by atoms with E-state index in [2.05, 4.69) is 5.32 Å². The number of carbonyl (C=O) groups is 3. The van der Waals surface area contributed by atoms with Gasteiger partial charge in [-0.2, -0.15) is 0 Å². The maximum atomic E-state index is 13.3. The van der Waals surface area contributed by atoms with Crippen LogP contribution in [0.5, 0.6) is 5.75 Å². The highest BCUT2D eigenvalue weighted by molar-refractivity contribution is 6.39. The lowest BCUT2D eigenvalue weighted by molar-refractivity contribution is -0.384. The third kappa shape index (κ3) is 4.79. The number of benzene rings is 3. The van der Waals surface area contributed by atoms with Crippen molar-refractivity contribution in [3.8, 4) is 5.75 Å². The molecule has 1 N–H and O–H groups in total. The molecule has 3 aromatic rings. The Labute approximate surface area is 200 Å². The van der Waals surface area contributed by atoms with E-state index in [1.54, 1.807) is 55.5 Å². The summed E-state index contributed by atoms with van der Waals surface area (Å²) in [6.07, 6.45) is 1.38. The van der Waals surface area contributed by atoms with Crippen LogP contribution >= 0.6 is 0 Å². The molecule has 176 valence electrons. The summed E-state index contributed by atoms with van der Waals surface area (Å²) in [6, 6.07) is 17.2. The number of amides is 4. The van der Waals surface area contributed by atoms with Crippen molar-refractivity contribution in [2.24, 2.45) is 0 Å². The van der Waals surface area contributed by atoms with Crippen molar-refractivity contribution in [1.82, 2.24) is 5.32 Å². The molecule has 0 bridgehead atoms. The molecule has 1 fully saturated rings. The number of para-hydroxylation sites is 1. The Bertz CT molecular complexity index is 1380. The lowest BCUT2D eigenvalue weighted by Gasteiger charge is -2.28. The number of rotatable bonds is 6. The van der Waals surface area contributed by atoms with Crippen LogP contribution in [0.15, 0.2) is 72.3 Å². The quantitative estimate of drug-likeness (QED) is 0.245. The van der Waals surface area contributed by atoms with Gasteiger partial charge < -0.3 is 4.74 Å². The Morgan fingerprint density at radius 3 is 2.40 bits per heavy atom. The van der Waals surface area contributed by atoms with Crippen LogP contribution in [0.25, 0.3) is 6.08 Å². The monoisotopic (exact) mass is 471 g/mol. The smallest absolute Gasteiger partial charge is 0.335 e. The third-order valence-corrected chi connectivity index (χ3v) is 5.68. The molecule has 9 nitrogen and oxygen atoms in total. The number of barbiturate groups is 1. The zero-order valence-corrected chi connectivity index (χ0v) is 19.0. The highest BCUT2D eigenvalue weighted by Gasteiger charge is 2.37. The minimum Gasteiger partial charge on any atom is -0.488 e. The Balaban J connectivity index is 1.62. The number of nitrogens with one attached hydrogen (secondary N) is 1. The number of anilines is 1. The van der Waals surface area contributed by atoms with Crippen molar-refractivity contribution in [1.29, 1.82) is 0 Å². The van der Waals surface area contributed by atoms with E-state index in [4.69, 9.17) is 4.74 Å². The van der Waals surface area contributed by atoms with Gasteiger partial charge in [0.25, 0.3) is 17.5 Å². The average Bonchev–Trinajstić information content (AvgIpc) is 2.83. The summed E-state index contributed by atoms with van der Waals surface area (Å²) in [6.45, 7) is 3.78. The fourth-order valence-corrected chi connectivity index (χ4v) is 3.62. The predicted molar refractivity (Wildman–Crippen MR) is 129 cm³/mol. The molecular weight excluding hydrogens is 450 g/mol. The van der Waals surface area contributed by atoms with Crippen molar-refractivity contribution >= 4 is 35.3 Å². The number of non-ortho nitro benzene ring substituents is 1. The molecule has 0 atom stereocenters. The second-order valence-corrected chi connectivity index (χ2v) is 7.93. The van der Waals surface area contributed by atoms with E-state index in [0.29, 0.717) is 22.6 Å². The summed E-state index contributed by atoms with van der Waals surface area (Å²) in [5.41, 5.74) is 2.97. The Morgan fingerprint density at radius 2 is 1.69 bits per heavy atom. The van der Waals surface area contributed by atoms with Gasteiger partial charge in [-0.15, -0.1) is 0 Å². The van der Waals surface area contributed by atoms with Crippen LogP contribution in [0.1, 0.15) is 22.3 Å². The maximum absolute atomic E-state index is 13.3. The summed E-state index contributed by atoms with van der Waals surface area (Å²) < 4.78 is 5.87. The van der Waals surface area contributed by atoms with Crippen LogP contribution in [0, 0.1) is 24.0 Å². The number of nitro groups is 1. The van der Waals surface area contributed by atoms with E-state index < -0.39 is 22.8 Å². The zero-order chi connectivity index (χ0) is 25.1. The molecule has 0 aromatic heterocycles. The Morgan fingerprint density at radius 1 is 0.971 bits per heavy atom. The molecule has 1 saturated heterocycles. The molecule has 1 heterocycles. The van der Waals surface area contributed by atoms with Crippen molar-refractivity contribution in [2.45, 2.75) is 20.5 Å². The number of hydrogen-bond acceptors (Lipinski definition) is 6. The van der Waals surface area contributed by atoms with Crippen LogP contribution in [-0.2, 0) is 16.2 Å². The second-order valence-electron chi connectivity index (χ2n) is 7.93. The van der Waals surface area contributed by atoms with Gasteiger partial charge in [0.15, 0.2) is 0 Å². The molecular formula is C26H21N3O6. The van der Waals surface area contributed by atoms with E-state index in [0.717, 1.165) is 16.0 Å². The third-order valence-electron chi connectivity index (χ3n) is 5.68. The first-order valence-electron chi connectivity index (χ1n) is 10.7. The largest absolute Gasteiger partial charge is 0.488 e. The fraction of sp³-hybridized carbons (Fsp3) is 0.115. The predicted octanol–water partition coefficient (Wildman–Crippen LogP) is 4.46. The molecule has 0 radical (unpaired) electrons.